The van der Waals surface area contributed by atoms with Crippen molar-refractivity contribution >= 4 is 17.7 Å². The molecule has 2 N–H and O–H groups in total. The van der Waals surface area contributed by atoms with Gasteiger partial charge < -0.3 is 10.4 Å². The molecule has 0 unspecified atom stereocenters. The third kappa shape index (κ3) is 4.05. The Morgan fingerprint density at radius 3 is 2.71 bits per heavy atom. The van der Waals surface area contributed by atoms with Gasteiger partial charge in [0.2, 0.25) is 11.1 Å². The highest BCUT2D eigenvalue weighted by molar-refractivity contribution is 8.00. The molecule has 1 saturated carbocycles. The summed E-state index contributed by atoms with van der Waals surface area (Å²) in [7, 11) is 0. The van der Waals surface area contributed by atoms with Gasteiger partial charge in [-0.05, 0) is 54.5 Å². The number of phenolic OH excluding ortho intramolecular Hbond substituents is 1. The first-order valence-electron chi connectivity index (χ1n) is 8.18. The molecule has 1 aliphatic carbocycles. The average molecular weight is 347 g/mol. The highest BCUT2D eigenvalue weighted by Crippen LogP contribution is 2.24. The molecular weight excluding hydrogens is 326 g/mol. The van der Waals surface area contributed by atoms with Crippen LogP contribution < -0.4 is 5.32 Å². The number of carbonyl (C=O) groups excluding carboxylic acids is 1. The number of thioether (sulfide) groups is 1. The van der Waals surface area contributed by atoms with E-state index in [1.807, 2.05) is 6.92 Å². The number of amides is 1. The lowest BCUT2D eigenvalue weighted by Crippen LogP contribution is -2.40. The minimum atomic E-state index is -0.284. The molecule has 1 aromatic heterocycles. The molecule has 1 fully saturated rings. The van der Waals surface area contributed by atoms with Crippen molar-refractivity contribution < 1.29 is 9.90 Å². The number of carbonyl (C=O) groups is 1. The molecule has 1 atom stereocenters. The largest absolute Gasteiger partial charge is 0.508 e. The Labute approximate surface area is 144 Å². The van der Waals surface area contributed by atoms with Gasteiger partial charge in [-0.2, -0.15) is 4.68 Å². The number of aromatic hydroxyl groups is 1. The summed E-state index contributed by atoms with van der Waals surface area (Å²) >= 11 is 1.32. The van der Waals surface area contributed by atoms with Crippen LogP contribution >= 0.6 is 11.8 Å². The second-order valence-corrected chi connectivity index (χ2v) is 7.30. The van der Waals surface area contributed by atoms with Crippen LogP contribution in [0.4, 0.5) is 0 Å². The number of rotatable bonds is 5. The first kappa shape index (κ1) is 16.8. The lowest BCUT2D eigenvalue weighted by Gasteiger charge is -2.24. The van der Waals surface area contributed by atoms with Crippen LogP contribution in [0.5, 0.6) is 5.75 Å². The number of hydrogen-bond donors (Lipinski definition) is 2. The Hall–Kier alpha value is -2.09. The Kier molecular flexibility index (Phi) is 5.34. The summed E-state index contributed by atoms with van der Waals surface area (Å²) in [6.45, 7) is 1.86. The fourth-order valence-electron chi connectivity index (χ4n) is 2.79. The van der Waals surface area contributed by atoms with Crippen molar-refractivity contribution in [3.63, 3.8) is 0 Å². The van der Waals surface area contributed by atoms with Gasteiger partial charge >= 0.3 is 0 Å². The third-order valence-electron chi connectivity index (χ3n) is 4.14. The maximum atomic E-state index is 12.4. The molecule has 1 heterocycles. The van der Waals surface area contributed by atoms with Gasteiger partial charge in [-0.1, -0.05) is 31.0 Å². The average Bonchev–Trinajstić information content (AvgIpc) is 3.04. The zero-order valence-electron chi connectivity index (χ0n) is 13.6. The van der Waals surface area contributed by atoms with Gasteiger partial charge in [0.05, 0.1) is 10.9 Å². The van der Waals surface area contributed by atoms with Crippen LogP contribution in [0.15, 0.2) is 29.4 Å². The maximum Gasteiger partial charge on any atom is 0.233 e. The van der Waals surface area contributed by atoms with E-state index in [-0.39, 0.29) is 16.9 Å². The first-order valence-corrected chi connectivity index (χ1v) is 9.06. The van der Waals surface area contributed by atoms with E-state index in [1.54, 1.807) is 28.9 Å². The van der Waals surface area contributed by atoms with Crippen LogP contribution in [0.1, 0.15) is 39.0 Å². The van der Waals surface area contributed by atoms with Crippen LogP contribution in [0.3, 0.4) is 0 Å². The van der Waals surface area contributed by atoms with Gasteiger partial charge in [0, 0.05) is 6.04 Å². The molecule has 1 aliphatic rings. The van der Waals surface area contributed by atoms with Gasteiger partial charge in [-0.3, -0.25) is 4.79 Å². The predicted molar refractivity (Wildman–Crippen MR) is 91.2 cm³/mol. The molecule has 0 bridgehead atoms. The van der Waals surface area contributed by atoms with Crippen molar-refractivity contribution in [2.24, 2.45) is 0 Å². The van der Waals surface area contributed by atoms with Gasteiger partial charge in [0.15, 0.2) is 0 Å². The zero-order valence-corrected chi connectivity index (χ0v) is 14.4. The fourth-order valence-corrected chi connectivity index (χ4v) is 3.60. The van der Waals surface area contributed by atoms with E-state index >= 15 is 0 Å². The predicted octanol–water partition coefficient (Wildman–Crippen LogP) is 2.30. The van der Waals surface area contributed by atoms with Crippen LogP contribution in [-0.2, 0) is 4.79 Å². The molecule has 1 amide bonds. The van der Waals surface area contributed by atoms with Crippen molar-refractivity contribution in [1.29, 1.82) is 0 Å². The van der Waals surface area contributed by atoms with E-state index in [9.17, 15) is 9.90 Å². The number of aromatic nitrogens is 4. The van der Waals surface area contributed by atoms with Crippen LogP contribution in [0, 0.1) is 0 Å². The van der Waals surface area contributed by atoms with Gasteiger partial charge in [0.25, 0.3) is 0 Å². The van der Waals surface area contributed by atoms with E-state index in [0.717, 1.165) is 18.5 Å². The van der Waals surface area contributed by atoms with Crippen molar-refractivity contribution in [3.8, 4) is 11.4 Å². The van der Waals surface area contributed by atoms with Crippen molar-refractivity contribution in [1.82, 2.24) is 25.5 Å². The molecule has 2 aromatic rings. The van der Waals surface area contributed by atoms with E-state index in [0.29, 0.717) is 11.2 Å². The maximum absolute atomic E-state index is 12.4. The smallest absolute Gasteiger partial charge is 0.233 e. The van der Waals surface area contributed by atoms with Gasteiger partial charge in [0.1, 0.15) is 5.75 Å². The highest BCUT2D eigenvalue weighted by Gasteiger charge is 2.22. The first-order chi connectivity index (χ1) is 11.6. The standard InChI is InChI=1S/C16H21N5O2S/c1-11(15(23)17-12-5-3-2-4-6-12)24-16-18-19-20-21(16)13-7-9-14(22)10-8-13/h7-12,22H,2-6H2,1H3,(H,17,23)/t11-/m1/s1. The second kappa shape index (κ2) is 7.65. The second-order valence-electron chi connectivity index (χ2n) is 5.99. The van der Waals surface area contributed by atoms with Crippen LogP contribution in [0.25, 0.3) is 5.69 Å². The van der Waals surface area contributed by atoms with Crippen molar-refractivity contribution in [2.75, 3.05) is 0 Å². The van der Waals surface area contributed by atoms with E-state index < -0.39 is 0 Å². The Bertz CT molecular complexity index is 682. The van der Waals surface area contributed by atoms with Crippen molar-refractivity contribution in [2.45, 2.75) is 55.5 Å². The molecule has 0 spiro atoms. The van der Waals surface area contributed by atoms with E-state index in [4.69, 9.17) is 0 Å². The lowest BCUT2D eigenvalue weighted by atomic mass is 9.95. The number of nitrogens with zero attached hydrogens (tertiary/aromatic N) is 4. The Balaban J connectivity index is 1.64. The topological polar surface area (TPSA) is 92.9 Å². The molecule has 24 heavy (non-hydrogen) atoms. The van der Waals surface area contributed by atoms with Crippen LogP contribution in [-0.4, -0.2) is 42.5 Å². The summed E-state index contributed by atoms with van der Waals surface area (Å²) in [5.41, 5.74) is 0.736. The minimum Gasteiger partial charge on any atom is -0.508 e. The molecule has 8 heteroatoms. The summed E-state index contributed by atoms with van der Waals surface area (Å²) in [6.07, 6.45) is 5.76. The van der Waals surface area contributed by atoms with Gasteiger partial charge in [-0.15, -0.1) is 5.10 Å². The molecule has 128 valence electrons. The fraction of sp³-hybridized carbons (Fsp3) is 0.500. The van der Waals surface area contributed by atoms with Crippen molar-refractivity contribution in [3.05, 3.63) is 24.3 Å². The minimum absolute atomic E-state index is 0.0205. The molecular formula is C16H21N5O2S. The quantitative estimate of drug-likeness (QED) is 0.806. The molecule has 1 aromatic carbocycles. The summed E-state index contributed by atoms with van der Waals surface area (Å²) < 4.78 is 1.56. The molecule has 0 radical (unpaired) electrons. The normalized spacial score (nSPS) is 16.7. The van der Waals surface area contributed by atoms with E-state index in [2.05, 4.69) is 20.8 Å². The number of hydrogen-bond acceptors (Lipinski definition) is 6. The molecule has 7 nitrogen and oxygen atoms in total. The SMILES string of the molecule is C[C@@H](Sc1nnnn1-c1ccc(O)cc1)C(=O)NC1CCCCC1. The zero-order chi connectivity index (χ0) is 16.9. The summed E-state index contributed by atoms with van der Waals surface area (Å²) in [5, 5.41) is 24.4. The van der Waals surface area contributed by atoms with Crippen LogP contribution in [0.2, 0.25) is 0 Å². The monoisotopic (exact) mass is 347 g/mol. The lowest BCUT2D eigenvalue weighted by molar-refractivity contribution is -0.121. The molecule has 3 rings (SSSR count). The van der Waals surface area contributed by atoms with Gasteiger partial charge in [-0.25, -0.2) is 0 Å². The number of nitrogens with one attached hydrogen (secondary N) is 1. The summed E-state index contributed by atoms with van der Waals surface area (Å²) in [5.74, 6) is 0.202. The molecule has 0 saturated heterocycles. The Morgan fingerprint density at radius 2 is 2.00 bits per heavy atom. The number of tetrazole rings is 1. The van der Waals surface area contributed by atoms with E-state index in [1.165, 1.54) is 31.0 Å². The summed E-state index contributed by atoms with van der Waals surface area (Å²) in [6, 6.07) is 6.89. The summed E-state index contributed by atoms with van der Waals surface area (Å²) in [4.78, 5) is 12.4. The number of phenols is 1. The third-order valence-corrected chi connectivity index (χ3v) is 5.17. The highest BCUT2D eigenvalue weighted by atomic mass is 32.2. The number of benzene rings is 1. The molecule has 0 aliphatic heterocycles. The Morgan fingerprint density at radius 1 is 1.29 bits per heavy atom.